The maximum absolute atomic E-state index is 12.0. The molecule has 0 unspecified atom stereocenters. The van der Waals surface area contributed by atoms with E-state index >= 15 is 0 Å². The van der Waals surface area contributed by atoms with E-state index in [4.69, 9.17) is 9.84 Å². The van der Waals surface area contributed by atoms with Crippen molar-refractivity contribution >= 4 is 11.9 Å². The molecule has 0 aromatic heterocycles. The zero-order chi connectivity index (χ0) is 20.2. The lowest BCUT2D eigenvalue weighted by atomic mass is 9.40. The van der Waals surface area contributed by atoms with Gasteiger partial charge in [-0.1, -0.05) is 39.3 Å². The lowest BCUT2D eigenvalue weighted by Gasteiger charge is -2.64. The SMILES string of the molecule is C[C@]12C=C[C@@]3(CC[C@@H]4[C@@](C)(COC(=O)CCC(=O)O)CCC[C@@]4(C)[C@H]3CC1)C2. The molecular weight excluding hydrogens is 352 g/mol. The Bertz CT molecular complexity index is 699. The molecule has 0 aromatic carbocycles. The van der Waals surface area contributed by atoms with Crippen LogP contribution in [0.1, 0.15) is 85.0 Å². The molecule has 1 spiro atoms. The number of esters is 1. The van der Waals surface area contributed by atoms with E-state index in [1.54, 1.807) is 0 Å². The molecule has 6 atom stereocenters. The monoisotopic (exact) mass is 388 g/mol. The topological polar surface area (TPSA) is 63.6 Å². The molecule has 3 fully saturated rings. The van der Waals surface area contributed by atoms with Crippen LogP contribution in [0.4, 0.5) is 0 Å². The minimum absolute atomic E-state index is 0.0105. The predicted octanol–water partition coefficient (Wildman–Crippen LogP) is 5.36. The van der Waals surface area contributed by atoms with Gasteiger partial charge in [-0.05, 0) is 73.0 Å². The van der Waals surface area contributed by atoms with Gasteiger partial charge in [0.2, 0.25) is 0 Å². The number of hydrogen-bond acceptors (Lipinski definition) is 3. The second-order valence-corrected chi connectivity index (χ2v) is 11.1. The van der Waals surface area contributed by atoms with Gasteiger partial charge in [-0.25, -0.2) is 0 Å². The molecule has 4 heteroatoms. The second kappa shape index (κ2) is 6.60. The average molecular weight is 389 g/mol. The third-order valence-corrected chi connectivity index (χ3v) is 9.15. The van der Waals surface area contributed by atoms with Crippen molar-refractivity contribution in [1.29, 1.82) is 0 Å². The third-order valence-electron chi connectivity index (χ3n) is 9.15. The van der Waals surface area contributed by atoms with Crippen molar-refractivity contribution in [3.63, 3.8) is 0 Å². The summed E-state index contributed by atoms with van der Waals surface area (Å²) in [6.45, 7) is 7.72. The molecule has 4 nitrogen and oxygen atoms in total. The van der Waals surface area contributed by atoms with Gasteiger partial charge < -0.3 is 9.84 Å². The minimum atomic E-state index is -0.945. The summed E-state index contributed by atoms with van der Waals surface area (Å²) in [6.07, 6.45) is 15.0. The van der Waals surface area contributed by atoms with Crippen molar-refractivity contribution in [1.82, 2.24) is 0 Å². The van der Waals surface area contributed by atoms with Crippen LogP contribution in [0.3, 0.4) is 0 Å². The van der Waals surface area contributed by atoms with Crippen LogP contribution >= 0.6 is 0 Å². The van der Waals surface area contributed by atoms with Gasteiger partial charge in [-0.15, -0.1) is 0 Å². The van der Waals surface area contributed by atoms with Crippen LogP contribution in [0.5, 0.6) is 0 Å². The predicted molar refractivity (Wildman–Crippen MR) is 108 cm³/mol. The van der Waals surface area contributed by atoms with E-state index < -0.39 is 5.97 Å². The van der Waals surface area contributed by atoms with Crippen LogP contribution in [-0.2, 0) is 14.3 Å². The molecule has 0 aromatic rings. The van der Waals surface area contributed by atoms with Crippen LogP contribution in [0.25, 0.3) is 0 Å². The van der Waals surface area contributed by atoms with E-state index in [1.807, 2.05) is 0 Å². The van der Waals surface area contributed by atoms with E-state index in [2.05, 4.69) is 32.9 Å². The number of carboxylic acid groups (broad SMARTS) is 1. The number of carbonyl (C=O) groups is 2. The van der Waals surface area contributed by atoms with E-state index in [0.717, 1.165) is 12.3 Å². The number of fused-ring (bicyclic) bond motifs is 3. The van der Waals surface area contributed by atoms with E-state index in [9.17, 15) is 9.59 Å². The zero-order valence-electron chi connectivity index (χ0n) is 17.8. The normalized spacial score (nSPS) is 46.5. The number of rotatable bonds is 5. The molecule has 3 saturated carbocycles. The first-order valence-corrected chi connectivity index (χ1v) is 11.2. The average Bonchev–Trinajstić information content (AvgIpc) is 2.87. The van der Waals surface area contributed by atoms with Crippen LogP contribution in [0, 0.1) is 33.5 Å². The smallest absolute Gasteiger partial charge is 0.306 e. The molecule has 2 bridgehead atoms. The third kappa shape index (κ3) is 3.11. The fraction of sp³-hybridized carbons (Fsp3) is 0.833. The molecular formula is C24H36O4. The number of aliphatic carboxylic acids is 1. The van der Waals surface area contributed by atoms with Crippen LogP contribution in [-0.4, -0.2) is 23.7 Å². The van der Waals surface area contributed by atoms with Gasteiger partial charge in [0.1, 0.15) is 0 Å². The number of ether oxygens (including phenoxy) is 1. The lowest BCUT2D eigenvalue weighted by molar-refractivity contribution is -0.172. The van der Waals surface area contributed by atoms with Gasteiger partial charge in [-0.2, -0.15) is 0 Å². The Kier molecular flexibility index (Phi) is 4.71. The summed E-state index contributed by atoms with van der Waals surface area (Å²) in [7, 11) is 0. The molecule has 0 amide bonds. The van der Waals surface area contributed by atoms with Crippen LogP contribution < -0.4 is 0 Å². The van der Waals surface area contributed by atoms with Crippen LogP contribution in [0.15, 0.2) is 12.2 Å². The summed E-state index contributed by atoms with van der Waals surface area (Å²) >= 11 is 0. The quantitative estimate of drug-likeness (QED) is 0.508. The fourth-order valence-corrected chi connectivity index (χ4v) is 7.97. The molecule has 156 valence electrons. The summed E-state index contributed by atoms with van der Waals surface area (Å²) in [5, 5.41) is 8.78. The first-order valence-electron chi connectivity index (χ1n) is 11.2. The van der Waals surface area contributed by atoms with E-state index in [1.165, 1.54) is 44.9 Å². The van der Waals surface area contributed by atoms with Gasteiger partial charge in [0, 0.05) is 5.41 Å². The Hall–Kier alpha value is -1.32. The lowest BCUT2D eigenvalue weighted by Crippen LogP contribution is -2.58. The van der Waals surface area contributed by atoms with Crippen molar-refractivity contribution < 1.29 is 19.4 Å². The maximum atomic E-state index is 12.0. The highest BCUT2D eigenvalue weighted by molar-refractivity contribution is 5.76. The molecule has 0 heterocycles. The number of allylic oxidation sites excluding steroid dienone is 2. The van der Waals surface area contributed by atoms with Crippen molar-refractivity contribution in [2.45, 2.75) is 85.0 Å². The van der Waals surface area contributed by atoms with Gasteiger partial charge in [0.15, 0.2) is 0 Å². The maximum Gasteiger partial charge on any atom is 0.306 e. The minimum Gasteiger partial charge on any atom is -0.481 e. The molecule has 0 aliphatic heterocycles. The molecule has 4 rings (SSSR count). The summed E-state index contributed by atoms with van der Waals surface area (Å²) in [5.74, 6) is 0.0122. The molecule has 0 saturated heterocycles. The fourth-order valence-electron chi connectivity index (χ4n) is 7.97. The highest BCUT2D eigenvalue weighted by atomic mass is 16.5. The van der Waals surface area contributed by atoms with E-state index in [0.29, 0.717) is 28.8 Å². The summed E-state index contributed by atoms with van der Waals surface area (Å²) in [5.41, 5.74) is 1.14. The van der Waals surface area contributed by atoms with Crippen molar-refractivity contribution in [2.75, 3.05) is 6.61 Å². The molecule has 28 heavy (non-hydrogen) atoms. The Balaban J connectivity index is 1.50. The number of carbonyl (C=O) groups excluding carboxylic acids is 1. The zero-order valence-corrected chi connectivity index (χ0v) is 17.8. The molecule has 4 aliphatic carbocycles. The Morgan fingerprint density at radius 2 is 1.75 bits per heavy atom. The van der Waals surface area contributed by atoms with Gasteiger partial charge in [0.25, 0.3) is 0 Å². The summed E-state index contributed by atoms with van der Waals surface area (Å²) < 4.78 is 5.62. The highest BCUT2D eigenvalue weighted by Crippen LogP contribution is 2.71. The first-order chi connectivity index (χ1) is 13.1. The number of carboxylic acids is 1. The summed E-state index contributed by atoms with van der Waals surface area (Å²) in [4.78, 5) is 22.8. The largest absolute Gasteiger partial charge is 0.481 e. The van der Waals surface area contributed by atoms with Gasteiger partial charge in [-0.3, -0.25) is 9.59 Å². The standard InChI is InChI=1S/C24H36O4/c1-21-11-7-18-23(3)10-4-9-22(2,16-28-20(27)6-5-19(25)26)17(23)8-12-24(18,15-21)14-13-21/h13-14,17-18H,4-12,15-16H2,1-3H3,(H,25,26)/t17-,18-,21-,22-,23-,24+/m1/s1. The highest BCUT2D eigenvalue weighted by Gasteiger charge is 2.63. The summed E-state index contributed by atoms with van der Waals surface area (Å²) in [6, 6.07) is 0. The Morgan fingerprint density at radius 1 is 1.00 bits per heavy atom. The molecule has 0 radical (unpaired) electrons. The van der Waals surface area contributed by atoms with Crippen LogP contribution in [0.2, 0.25) is 0 Å². The van der Waals surface area contributed by atoms with Crippen molar-refractivity contribution in [3.8, 4) is 0 Å². The Labute approximate surface area is 169 Å². The number of hydrogen-bond donors (Lipinski definition) is 1. The van der Waals surface area contributed by atoms with Crippen molar-refractivity contribution in [3.05, 3.63) is 12.2 Å². The molecule has 4 aliphatic rings. The Morgan fingerprint density at radius 3 is 2.50 bits per heavy atom. The van der Waals surface area contributed by atoms with Crippen molar-refractivity contribution in [2.24, 2.45) is 33.5 Å². The molecule has 1 N–H and O–H groups in total. The van der Waals surface area contributed by atoms with Gasteiger partial charge in [0.05, 0.1) is 19.4 Å². The van der Waals surface area contributed by atoms with Gasteiger partial charge >= 0.3 is 11.9 Å². The first kappa shape index (κ1) is 20.0. The second-order valence-electron chi connectivity index (χ2n) is 11.1. The van der Waals surface area contributed by atoms with E-state index in [-0.39, 0.29) is 24.2 Å².